The number of nitrogens with zero attached hydrogens (tertiary/aromatic N) is 3. The molecule has 1 atom stereocenters. The van der Waals surface area contributed by atoms with Gasteiger partial charge in [-0.2, -0.15) is 0 Å². The highest BCUT2D eigenvalue weighted by atomic mass is 16.6. The normalized spacial score (nSPS) is 21.1. The second kappa shape index (κ2) is 9.41. The fraction of sp³-hybridized carbons (Fsp3) is 0.750. The van der Waals surface area contributed by atoms with Gasteiger partial charge in [0.25, 0.3) is 10.9 Å². The number of piperazine rings is 1. The summed E-state index contributed by atoms with van der Waals surface area (Å²) in [6.45, 7) is 9.04. The van der Waals surface area contributed by atoms with Crippen LogP contribution in [0.5, 0.6) is 0 Å². The maximum atomic E-state index is 12.1. The Kier molecular flexibility index (Phi) is 6.93. The summed E-state index contributed by atoms with van der Waals surface area (Å²) in [4.78, 5) is 42.1. The Balaban J connectivity index is 1.54. The van der Waals surface area contributed by atoms with Crippen LogP contribution in [0.15, 0.2) is 9.59 Å². The third-order valence-corrected chi connectivity index (χ3v) is 5.93. The number of carbonyl (C=O) groups excluding carboxylic acids is 1. The summed E-state index contributed by atoms with van der Waals surface area (Å²) in [5.41, 5.74) is 0.0869. The first-order valence-corrected chi connectivity index (χ1v) is 10.5. The summed E-state index contributed by atoms with van der Waals surface area (Å²) in [5.74, 6) is 0. The highest BCUT2D eigenvalue weighted by molar-refractivity contribution is 5.76. The molecule has 28 heavy (non-hydrogen) atoms. The Labute approximate surface area is 166 Å². The van der Waals surface area contributed by atoms with Gasteiger partial charge in [0.15, 0.2) is 0 Å². The highest BCUT2D eigenvalue weighted by Gasteiger charge is 2.30. The number of carbonyl (C=O) groups is 1. The fourth-order valence-electron chi connectivity index (χ4n) is 4.31. The predicted octanol–water partition coefficient (Wildman–Crippen LogP) is 1.24. The summed E-state index contributed by atoms with van der Waals surface area (Å²) in [6, 6.07) is 0.624. The lowest BCUT2D eigenvalue weighted by atomic mass is 10.0. The number of anilines is 2. The van der Waals surface area contributed by atoms with Crippen molar-refractivity contribution in [1.29, 1.82) is 0 Å². The van der Waals surface area contributed by atoms with Gasteiger partial charge in [0.2, 0.25) is 0 Å². The number of hydrogen-bond acceptors (Lipinski definition) is 7. The first-order valence-electron chi connectivity index (χ1n) is 10.5. The lowest BCUT2D eigenvalue weighted by Gasteiger charge is -2.37. The van der Waals surface area contributed by atoms with Gasteiger partial charge in [-0.15, -0.1) is 0 Å². The topological polar surface area (TPSA) is 82.2 Å². The zero-order valence-corrected chi connectivity index (χ0v) is 17.0. The maximum absolute atomic E-state index is 12.1. The zero-order valence-electron chi connectivity index (χ0n) is 17.0. The van der Waals surface area contributed by atoms with Gasteiger partial charge in [0.1, 0.15) is 11.4 Å². The van der Waals surface area contributed by atoms with Crippen molar-refractivity contribution in [3.05, 3.63) is 20.4 Å². The first kappa shape index (κ1) is 20.6. The van der Waals surface area contributed by atoms with Crippen LogP contribution in [0.4, 0.5) is 16.2 Å². The van der Waals surface area contributed by atoms with Gasteiger partial charge in [-0.25, -0.2) is 4.79 Å². The van der Waals surface area contributed by atoms with Crippen LogP contribution in [0.25, 0.3) is 0 Å². The van der Waals surface area contributed by atoms with E-state index in [0.717, 1.165) is 19.5 Å². The SMILES string of the molecule is CCOC(=O)N1CCN(c2c(NCCN3CCCC[C@@H]3CC)c(=O)c2=O)CC1. The molecule has 1 N–H and O–H groups in total. The average molecular weight is 393 g/mol. The van der Waals surface area contributed by atoms with E-state index in [1.165, 1.54) is 19.3 Å². The molecule has 0 unspecified atom stereocenters. The molecule has 2 aliphatic heterocycles. The monoisotopic (exact) mass is 392 g/mol. The molecule has 2 fully saturated rings. The molecular formula is C20H32N4O4. The molecule has 0 bridgehead atoms. The van der Waals surface area contributed by atoms with Crippen molar-refractivity contribution in [2.45, 2.75) is 45.6 Å². The average Bonchev–Trinajstić information content (AvgIpc) is 2.73. The van der Waals surface area contributed by atoms with Crippen molar-refractivity contribution in [1.82, 2.24) is 9.80 Å². The van der Waals surface area contributed by atoms with E-state index >= 15 is 0 Å². The lowest BCUT2D eigenvalue weighted by Crippen LogP contribution is -2.53. The Hall–Kier alpha value is -2.09. The predicted molar refractivity (Wildman–Crippen MR) is 110 cm³/mol. The Morgan fingerprint density at radius 1 is 1.07 bits per heavy atom. The second-order valence-electron chi connectivity index (χ2n) is 7.58. The van der Waals surface area contributed by atoms with E-state index in [0.29, 0.717) is 56.7 Å². The number of hydrogen-bond donors (Lipinski definition) is 1. The van der Waals surface area contributed by atoms with E-state index in [9.17, 15) is 14.4 Å². The molecule has 1 amide bonds. The van der Waals surface area contributed by atoms with Crippen LogP contribution in [0, 0.1) is 0 Å². The summed E-state index contributed by atoms with van der Waals surface area (Å²) >= 11 is 0. The minimum absolute atomic E-state index is 0.322. The van der Waals surface area contributed by atoms with Crippen LogP contribution >= 0.6 is 0 Å². The molecule has 0 aromatic heterocycles. The Morgan fingerprint density at radius 2 is 1.82 bits per heavy atom. The van der Waals surface area contributed by atoms with Gasteiger partial charge in [-0.3, -0.25) is 14.5 Å². The van der Waals surface area contributed by atoms with Crippen LogP contribution < -0.4 is 21.1 Å². The molecule has 0 aliphatic carbocycles. The van der Waals surface area contributed by atoms with E-state index in [2.05, 4.69) is 17.1 Å². The maximum Gasteiger partial charge on any atom is 0.409 e. The van der Waals surface area contributed by atoms with E-state index < -0.39 is 10.9 Å². The number of rotatable bonds is 7. The molecule has 8 nitrogen and oxygen atoms in total. The molecule has 156 valence electrons. The summed E-state index contributed by atoms with van der Waals surface area (Å²) in [5, 5.41) is 3.21. The Morgan fingerprint density at radius 3 is 2.50 bits per heavy atom. The van der Waals surface area contributed by atoms with Crippen LogP contribution in [-0.2, 0) is 4.74 Å². The molecular weight excluding hydrogens is 360 g/mol. The fourth-order valence-corrected chi connectivity index (χ4v) is 4.31. The van der Waals surface area contributed by atoms with E-state index in [4.69, 9.17) is 4.74 Å². The summed E-state index contributed by atoms with van der Waals surface area (Å²) in [6.07, 6.45) is 4.59. The van der Waals surface area contributed by atoms with Crippen molar-refractivity contribution in [3.8, 4) is 0 Å². The lowest BCUT2D eigenvalue weighted by molar-refractivity contribution is 0.105. The van der Waals surface area contributed by atoms with Crippen LogP contribution in [0.2, 0.25) is 0 Å². The van der Waals surface area contributed by atoms with E-state index in [-0.39, 0.29) is 6.09 Å². The number of piperidine rings is 1. The first-order chi connectivity index (χ1) is 13.6. The quantitative estimate of drug-likeness (QED) is 0.699. The minimum Gasteiger partial charge on any atom is -0.450 e. The molecule has 0 spiro atoms. The van der Waals surface area contributed by atoms with Gasteiger partial charge >= 0.3 is 6.09 Å². The van der Waals surface area contributed by atoms with Crippen molar-refractivity contribution in [2.75, 3.05) is 62.6 Å². The van der Waals surface area contributed by atoms with Gasteiger partial charge in [-0.05, 0) is 32.7 Å². The van der Waals surface area contributed by atoms with Crippen molar-refractivity contribution < 1.29 is 9.53 Å². The third-order valence-electron chi connectivity index (χ3n) is 5.93. The van der Waals surface area contributed by atoms with Gasteiger partial charge in [-0.1, -0.05) is 13.3 Å². The van der Waals surface area contributed by atoms with Crippen LogP contribution in [-0.4, -0.2) is 74.4 Å². The van der Waals surface area contributed by atoms with Crippen molar-refractivity contribution in [2.24, 2.45) is 0 Å². The van der Waals surface area contributed by atoms with Crippen molar-refractivity contribution in [3.63, 3.8) is 0 Å². The summed E-state index contributed by atoms with van der Waals surface area (Å²) < 4.78 is 5.02. The van der Waals surface area contributed by atoms with E-state index in [1.807, 2.05) is 4.90 Å². The molecule has 8 heteroatoms. The molecule has 2 heterocycles. The molecule has 2 saturated heterocycles. The molecule has 1 aromatic carbocycles. The molecule has 2 aliphatic rings. The highest BCUT2D eigenvalue weighted by Crippen LogP contribution is 2.23. The molecule has 1 aromatic rings. The second-order valence-corrected chi connectivity index (χ2v) is 7.58. The molecule has 0 radical (unpaired) electrons. The van der Waals surface area contributed by atoms with Gasteiger partial charge in [0.05, 0.1) is 6.61 Å². The van der Waals surface area contributed by atoms with Gasteiger partial charge in [0, 0.05) is 45.3 Å². The van der Waals surface area contributed by atoms with E-state index in [1.54, 1.807) is 11.8 Å². The largest absolute Gasteiger partial charge is 0.450 e. The van der Waals surface area contributed by atoms with Crippen molar-refractivity contribution >= 4 is 17.5 Å². The smallest absolute Gasteiger partial charge is 0.409 e. The standard InChI is InChI=1S/C20H32N4O4/c1-3-15-7-5-6-9-22(15)10-8-21-16-17(19(26)18(16)25)23-11-13-24(14-12-23)20(27)28-4-2/h15,21H,3-14H2,1-2H3/t15-/m0/s1. The number of likely N-dealkylation sites (tertiary alicyclic amines) is 1. The minimum atomic E-state index is -0.423. The van der Waals surface area contributed by atoms with Gasteiger partial charge < -0.3 is 19.9 Å². The number of amides is 1. The molecule has 3 rings (SSSR count). The van der Waals surface area contributed by atoms with Crippen LogP contribution in [0.1, 0.15) is 39.5 Å². The Bertz CT molecular complexity index is 735. The van der Waals surface area contributed by atoms with Crippen LogP contribution in [0.3, 0.4) is 0 Å². The number of ether oxygens (including phenoxy) is 1. The number of nitrogens with one attached hydrogen (secondary N) is 1. The molecule has 0 saturated carbocycles. The summed E-state index contributed by atoms with van der Waals surface area (Å²) in [7, 11) is 0. The third kappa shape index (κ3) is 4.32. The zero-order chi connectivity index (χ0) is 20.1.